The first-order valence-corrected chi connectivity index (χ1v) is 6.37. The standard InChI is InChI=1S/C12H11BrN4O/c13-10-11(16-17-12(10)14)7-1-3-8-6(5-7)2-4-9(18)15-8/h1,3,5H,2,4H2,(H,15,18)(H3,14,16,17). The van der Waals surface area contributed by atoms with Crippen molar-refractivity contribution in [1.82, 2.24) is 10.2 Å². The number of fused-ring (bicyclic) bond motifs is 1. The molecule has 1 amide bonds. The SMILES string of the molecule is Nc1n[nH]c(-c2ccc3c(c2)CCC(=O)N3)c1Br. The number of amides is 1. The molecule has 1 aliphatic rings. The van der Waals surface area contributed by atoms with Crippen molar-refractivity contribution in [3.8, 4) is 11.3 Å². The predicted octanol–water partition coefficient (Wildman–Crippen LogP) is 2.31. The Kier molecular flexibility index (Phi) is 2.59. The molecule has 6 heteroatoms. The monoisotopic (exact) mass is 306 g/mol. The maximum atomic E-state index is 11.3. The summed E-state index contributed by atoms with van der Waals surface area (Å²) in [5.74, 6) is 0.512. The number of anilines is 2. The molecule has 0 aliphatic carbocycles. The van der Waals surface area contributed by atoms with E-state index in [4.69, 9.17) is 5.73 Å². The van der Waals surface area contributed by atoms with Gasteiger partial charge < -0.3 is 11.1 Å². The molecular formula is C12H11BrN4O. The van der Waals surface area contributed by atoms with Gasteiger partial charge >= 0.3 is 0 Å². The molecule has 0 saturated carbocycles. The highest BCUT2D eigenvalue weighted by Gasteiger charge is 2.17. The van der Waals surface area contributed by atoms with Crippen LogP contribution < -0.4 is 11.1 Å². The summed E-state index contributed by atoms with van der Waals surface area (Å²) in [6.07, 6.45) is 1.29. The van der Waals surface area contributed by atoms with Crippen LogP contribution in [-0.4, -0.2) is 16.1 Å². The van der Waals surface area contributed by atoms with Crippen molar-refractivity contribution >= 4 is 33.3 Å². The Morgan fingerprint density at radius 2 is 2.17 bits per heavy atom. The van der Waals surface area contributed by atoms with Gasteiger partial charge in [-0.3, -0.25) is 9.89 Å². The average Bonchev–Trinajstić information content (AvgIpc) is 2.69. The number of hydrogen-bond donors (Lipinski definition) is 3. The molecule has 0 fully saturated rings. The van der Waals surface area contributed by atoms with Crippen LogP contribution in [0.15, 0.2) is 22.7 Å². The molecule has 1 aromatic heterocycles. The first-order valence-electron chi connectivity index (χ1n) is 5.57. The Morgan fingerprint density at radius 1 is 1.33 bits per heavy atom. The number of nitrogens with one attached hydrogen (secondary N) is 2. The molecule has 92 valence electrons. The van der Waals surface area contributed by atoms with Crippen LogP contribution in [-0.2, 0) is 11.2 Å². The second-order valence-electron chi connectivity index (χ2n) is 4.22. The van der Waals surface area contributed by atoms with Crippen molar-refractivity contribution in [2.75, 3.05) is 11.1 Å². The van der Waals surface area contributed by atoms with Crippen molar-refractivity contribution in [3.05, 3.63) is 28.2 Å². The van der Waals surface area contributed by atoms with Gasteiger partial charge in [0.05, 0.1) is 10.2 Å². The van der Waals surface area contributed by atoms with Crippen molar-refractivity contribution in [1.29, 1.82) is 0 Å². The van der Waals surface area contributed by atoms with Gasteiger partial charge in [-0.25, -0.2) is 0 Å². The lowest BCUT2D eigenvalue weighted by atomic mass is 9.99. The maximum absolute atomic E-state index is 11.3. The predicted molar refractivity (Wildman–Crippen MR) is 73.1 cm³/mol. The number of aromatic amines is 1. The Hall–Kier alpha value is -1.82. The minimum Gasteiger partial charge on any atom is -0.381 e. The maximum Gasteiger partial charge on any atom is 0.224 e. The van der Waals surface area contributed by atoms with Crippen molar-refractivity contribution in [2.45, 2.75) is 12.8 Å². The molecule has 1 aliphatic heterocycles. The lowest BCUT2D eigenvalue weighted by molar-refractivity contribution is -0.116. The highest BCUT2D eigenvalue weighted by Crippen LogP contribution is 2.33. The number of benzene rings is 1. The fourth-order valence-corrected chi connectivity index (χ4v) is 2.48. The van der Waals surface area contributed by atoms with Gasteiger partial charge in [-0.05, 0) is 40.0 Å². The highest BCUT2D eigenvalue weighted by atomic mass is 79.9. The highest BCUT2D eigenvalue weighted by molar-refractivity contribution is 9.10. The van der Waals surface area contributed by atoms with Gasteiger partial charge in [0.1, 0.15) is 0 Å². The van der Waals surface area contributed by atoms with Gasteiger partial charge in [0, 0.05) is 17.7 Å². The third-order valence-electron chi connectivity index (χ3n) is 3.02. The van der Waals surface area contributed by atoms with Gasteiger partial charge in [-0.1, -0.05) is 6.07 Å². The Bertz CT molecular complexity index is 635. The molecule has 1 aromatic carbocycles. The van der Waals surface area contributed by atoms with E-state index >= 15 is 0 Å². The summed E-state index contributed by atoms with van der Waals surface area (Å²) in [4.78, 5) is 11.3. The second kappa shape index (κ2) is 4.13. The van der Waals surface area contributed by atoms with Crippen LogP contribution in [0, 0.1) is 0 Å². The zero-order valence-corrected chi connectivity index (χ0v) is 11.0. The quantitative estimate of drug-likeness (QED) is 0.756. The van der Waals surface area contributed by atoms with E-state index in [0.717, 1.165) is 33.4 Å². The normalized spacial score (nSPS) is 14.2. The van der Waals surface area contributed by atoms with Crippen LogP contribution in [0.4, 0.5) is 11.5 Å². The van der Waals surface area contributed by atoms with Crippen molar-refractivity contribution in [2.24, 2.45) is 0 Å². The lowest BCUT2D eigenvalue weighted by Gasteiger charge is -2.17. The van der Waals surface area contributed by atoms with E-state index in [1.807, 2.05) is 18.2 Å². The van der Waals surface area contributed by atoms with E-state index in [1.54, 1.807) is 0 Å². The molecule has 5 nitrogen and oxygen atoms in total. The minimum atomic E-state index is 0.0715. The summed E-state index contributed by atoms with van der Waals surface area (Å²) in [5.41, 5.74) is 9.56. The molecule has 2 heterocycles. The number of nitrogen functional groups attached to an aromatic ring is 1. The first-order chi connectivity index (χ1) is 8.65. The van der Waals surface area contributed by atoms with Crippen LogP contribution >= 0.6 is 15.9 Å². The van der Waals surface area contributed by atoms with Gasteiger partial charge in [-0.15, -0.1) is 0 Å². The number of nitrogens with two attached hydrogens (primary N) is 1. The number of hydrogen-bond acceptors (Lipinski definition) is 3. The third kappa shape index (κ3) is 1.78. The molecular weight excluding hydrogens is 296 g/mol. The average molecular weight is 307 g/mol. The summed E-state index contributed by atoms with van der Waals surface area (Å²) < 4.78 is 0.766. The molecule has 3 rings (SSSR count). The summed E-state index contributed by atoms with van der Waals surface area (Å²) >= 11 is 3.40. The molecule has 0 spiro atoms. The zero-order valence-electron chi connectivity index (χ0n) is 9.46. The number of carbonyl (C=O) groups is 1. The topological polar surface area (TPSA) is 83.8 Å². The van der Waals surface area contributed by atoms with Gasteiger partial charge in [-0.2, -0.15) is 5.10 Å². The van der Waals surface area contributed by atoms with Gasteiger partial charge in [0.2, 0.25) is 5.91 Å². The van der Waals surface area contributed by atoms with E-state index in [9.17, 15) is 4.79 Å². The van der Waals surface area contributed by atoms with Crippen LogP contribution in [0.3, 0.4) is 0 Å². The number of rotatable bonds is 1. The number of carbonyl (C=O) groups excluding carboxylic acids is 1. The van der Waals surface area contributed by atoms with Crippen LogP contribution in [0.1, 0.15) is 12.0 Å². The Morgan fingerprint density at radius 3 is 2.89 bits per heavy atom. The van der Waals surface area contributed by atoms with Gasteiger partial charge in [0.25, 0.3) is 0 Å². The largest absolute Gasteiger partial charge is 0.381 e. The molecule has 0 atom stereocenters. The van der Waals surface area contributed by atoms with E-state index in [-0.39, 0.29) is 5.91 Å². The fraction of sp³-hybridized carbons (Fsp3) is 0.167. The van der Waals surface area contributed by atoms with Crippen molar-refractivity contribution in [3.63, 3.8) is 0 Å². The smallest absolute Gasteiger partial charge is 0.224 e. The molecule has 2 aromatic rings. The first kappa shape index (κ1) is 11.3. The number of H-pyrrole nitrogens is 1. The number of halogens is 1. The van der Waals surface area contributed by atoms with E-state index in [0.29, 0.717) is 12.2 Å². The Balaban J connectivity index is 2.05. The second-order valence-corrected chi connectivity index (χ2v) is 5.01. The van der Waals surface area contributed by atoms with Crippen LogP contribution in [0.25, 0.3) is 11.3 Å². The van der Waals surface area contributed by atoms with E-state index in [1.165, 1.54) is 0 Å². The van der Waals surface area contributed by atoms with E-state index in [2.05, 4.69) is 31.4 Å². The van der Waals surface area contributed by atoms with Crippen LogP contribution in [0.5, 0.6) is 0 Å². The summed E-state index contributed by atoms with van der Waals surface area (Å²) in [6.45, 7) is 0. The Labute approximate surface area is 112 Å². The van der Waals surface area contributed by atoms with Crippen LogP contribution in [0.2, 0.25) is 0 Å². The fourth-order valence-electron chi connectivity index (χ4n) is 2.07. The number of aromatic nitrogens is 2. The number of nitrogens with zero attached hydrogens (tertiary/aromatic N) is 1. The molecule has 0 radical (unpaired) electrons. The van der Waals surface area contributed by atoms with E-state index < -0.39 is 0 Å². The molecule has 4 N–H and O–H groups in total. The lowest BCUT2D eigenvalue weighted by Crippen LogP contribution is -2.18. The third-order valence-corrected chi connectivity index (χ3v) is 3.82. The summed E-state index contributed by atoms with van der Waals surface area (Å²) in [6, 6.07) is 5.89. The molecule has 0 unspecified atom stereocenters. The van der Waals surface area contributed by atoms with Crippen molar-refractivity contribution < 1.29 is 4.79 Å². The molecule has 0 saturated heterocycles. The molecule has 18 heavy (non-hydrogen) atoms. The number of aryl methyl sites for hydroxylation is 1. The summed E-state index contributed by atoms with van der Waals surface area (Å²) in [5, 5.41) is 9.71. The zero-order chi connectivity index (χ0) is 12.7. The minimum absolute atomic E-state index is 0.0715. The summed E-state index contributed by atoms with van der Waals surface area (Å²) in [7, 11) is 0. The van der Waals surface area contributed by atoms with Gasteiger partial charge in [0.15, 0.2) is 5.82 Å². The molecule has 0 bridgehead atoms.